The minimum atomic E-state index is -0.270. The van der Waals surface area contributed by atoms with Crippen molar-refractivity contribution in [2.45, 2.75) is 32.6 Å². The molecule has 1 atom stereocenters. The van der Waals surface area contributed by atoms with E-state index in [4.69, 9.17) is 9.47 Å². The Balaban J connectivity index is 1.64. The van der Waals surface area contributed by atoms with Crippen molar-refractivity contribution in [3.63, 3.8) is 0 Å². The fourth-order valence-electron chi connectivity index (χ4n) is 2.39. The van der Waals surface area contributed by atoms with E-state index in [1.165, 1.54) is 0 Å². The van der Waals surface area contributed by atoms with Gasteiger partial charge in [0.1, 0.15) is 11.5 Å². The van der Waals surface area contributed by atoms with Crippen molar-refractivity contribution in [1.82, 2.24) is 5.32 Å². The van der Waals surface area contributed by atoms with E-state index in [2.05, 4.69) is 10.6 Å². The van der Waals surface area contributed by atoms with Crippen LogP contribution in [0.25, 0.3) is 0 Å². The highest BCUT2D eigenvalue weighted by Gasteiger charge is 2.26. The molecule has 2 N–H and O–H groups in total. The molecule has 25 heavy (non-hydrogen) atoms. The average molecular weight is 340 g/mol. The summed E-state index contributed by atoms with van der Waals surface area (Å²) >= 11 is 0. The van der Waals surface area contributed by atoms with Crippen LogP contribution in [0.1, 0.15) is 30.6 Å². The molecule has 2 aromatic carbocycles. The molecule has 2 amide bonds. The number of ether oxygens (including phenoxy) is 2. The van der Waals surface area contributed by atoms with E-state index in [1.807, 2.05) is 19.9 Å². The molecule has 0 saturated carbocycles. The second kappa shape index (κ2) is 7.25. The Labute approximate surface area is 146 Å². The summed E-state index contributed by atoms with van der Waals surface area (Å²) in [6, 6.07) is 14.1. The quantitative estimate of drug-likeness (QED) is 0.793. The maximum atomic E-state index is 12.5. The zero-order valence-corrected chi connectivity index (χ0v) is 14.1. The summed E-state index contributed by atoms with van der Waals surface area (Å²) in [7, 11) is 0. The van der Waals surface area contributed by atoms with Crippen LogP contribution < -0.4 is 20.1 Å². The largest absolute Gasteiger partial charge is 0.490 e. The first-order valence-electron chi connectivity index (χ1n) is 8.14. The summed E-state index contributed by atoms with van der Waals surface area (Å²) in [6.45, 7) is 3.83. The molecule has 1 saturated heterocycles. The monoisotopic (exact) mass is 340 g/mol. The van der Waals surface area contributed by atoms with Crippen molar-refractivity contribution >= 4 is 17.5 Å². The molecule has 0 aromatic heterocycles. The van der Waals surface area contributed by atoms with Crippen molar-refractivity contribution in [2.24, 2.45) is 0 Å². The van der Waals surface area contributed by atoms with Gasteiger partial charge < -0.3 is 20.1 Å². The number of nitrogens with one attached hydrogen (secondary N) is 2. The van der Waals surface area contributed by atoms with Crippen LogP contribution in [-0.4, -0.2) is 24.1 Å². The molecule has 1 aliphatic heterocycles. The second-order valence-electron chi connectivity index (χ2n) is 6.02. The van der Waals surface area contributed by atoms with Gasteiger partial charge in [0, 0.05) is 5.69 Å². The third-order valence-electron chi connectivity index (χ3n) is 3.58. The first kappa shape index (κ1) is 16.8. The molecule has 1 aliphatic rings. The van der Waals surface area contributed by atoms with E-state index in [1.54, 1.807) is 42.5 Å². The number of carbonyl (C=O) groups excluding carboxylic acids is 2. The summed E-state index contributed by atoms with van der Waals surface area (Å²) in [5.74, 6) is 0.926. The fraction of sp³-hybridized carbons (Fsp3) is 0.263. The molecule has 0 radical (unpaired) electrons. The van der Waals surface area contributed by atoms with Crippen LogP contribution in [0.3, 0.4) is 0 Å². The molecular formula is C19H20N2O4. The SMILES string of the molecule is CC(C)Oc1ccccc1C(=O)Nc1ccc(OC2CC(=O)N2)cc1. The topological polar surface area (TPSA) is 76.7 Å². The number of β-lactam (4-membered cyclic amide) rings is 1. The second-order valence-corrected chi connectivity index (χ2v) is 6.02. The lowest BCUT2D eigenvalue weighted by Gasteiger charge is -2.27. The van der Waals surface area contributed by atoms with Crippen molar-refractivity contribution < 1.29 is 19.1 Å². The van der Waals surface area contributed by atoms with E-state index in [0.717, 1.165) is 0 Å². The van der Waals surface area contributed by atoms with Gasteiger partial charge in [-0.2, -0.15) is 0 Å². The third kappa shape index (κ3) is 4.29. The molecule has 0 bridgehead atoms. The van der Waals surface area contributed by atoms with Gasteiger partial charge in [0.2, 0.25) is 5.91 Å². The van der Waals surface area contributed by atoms with Gasteiger partial charge in [-0.25, -0.2) is 0 Å². The Morgan fingerprint density at radius 1 is 1.16 bits per heavy atom. The van der Waals surface area contributed by atoms with Gasteiger partial charge in [0.05, 0.1) is 18.1 Å². The maximum Gasteiger partial charge on any atom is 0.259 e. The van der Waals surface area contributed by atoms with E-state index in [-0.39, 0.29) is 24.1 Å². The Kier molecular flexibility index (Phi) is 4.88. The van der Waals surface area contributed by atoms with Gasteiger partial charge in [-0.3, -0.25) is 9.59 Å². The minimum Gasteiger partial charge on any atom is -0.490 e. The molecule has 0 aliphatic carbocycles. The zero-order valence-electron chi connectivity index (χ0n) is 14.1. The van der Waals surface area contributed by atoms with Crippen LogP contribution in [0.5, 0.6) is 11.5 Å². The lowest BCUT2D eigenvalue weighted by atomic mass is 10.1. The van der Waals surface area contributed by atoms with Gasteiger partial charge in [-0.1, -0.05) is 12.1 Å². The zero-order chi connectivity index (χ0) is 17.8. The van der Waals surface area contributed by atoms with Crippen molar-refractivity contribution in [2.75, 3.05) is 5.32 Å². The van der Waals surface area contributed by atoms with Crippen LogP contribution in [0.2, 0.25) is 0 Å². The van der Waals surface area contributed by atoms with E-state index in [9.17, 15) is 9.59 Å². The highest BCUT2D eigenvalue weighted by atomic mass is 16.5. The Bertz CT molecular complexity index is 763. The van der Waals surface area contributed by atoms with Crippen LogP contribution in [-0.2, 0) is 4.79 Å². The van der Waals surface area contributed by atoms with Crippen LogP contribution in [0.15, 0.2) is 48.5 Å². The molecule has 6 nitrogen and oxygen atoms in total. The number of rotatable bonds is 6. The molecule has 3 rings (SSSR count). The van der Waals surface area contributed by atoms with Gasteiger partial charge in [-0.05, 0) is 50.2 Å². The maximum absolute atomic E-state index is 12.5. The van der Waals surface area contributed by atoms with Crippen LogP contribution >= 0.6 is 0 Å². The van der Waals surface area contributed by atoms with E-state index in [0.29, 0.717) is 29.2 Å². The Morgan fingerprint density at radius 3 is 2.48 bits per heavy atom. The number of para-hydroxylation sites is 1. The normalized spacial score (nSPS) is 16.0. The van der Waals surface area contributed by atoms with Crippen LogP contribution in [0, 0.1) is 0 Å². The third-order valence-corrected chi connectivity index (χ3v) is 3.58. The standard InChI is InChI=1S/C19H20N2O4/c1-12(2)24-16-6-4-3-5-15(16)19(23)20-13-7-9-14(10-8-13)25-18-11-17(22)21-18/h3-10,12,18H,11H2,1-2H3,(H,20,23)(H,21,22). The van der Waals surface area contributed by atoms with Gasteiger partial charge in [-0.15, -0.1) is 0 Å². The molecule has 1 unspecified atom stereocenters. The molecule has 1 fully saturated rings. The number of hydrogen-bond acceptors (Lipinski definition) is 4. The number of benzene rings is 2. The van der Waals surface area contributed by atoms with Gasteiger partial charge >= 0.3 is 0 Å². The Morgan fingerprint density at radius 2 is 1.84 bits per heavy atom. The molecule has 6 heteroatoms. The minimum absolute atomic E-state index is 0.0163. The van der Waals surface area contributed by atoms with E-state index < -0.39 is 0 Å². The highest BCUT2D eigenvalue weighted by Crippen LogP contribution is 2.23. The predicted octanol–water partition coefficient (Wildman–Crippen LogP) is 2.95. The molecule has 1 heterocycles. The molecule has 2 aromatic rings. The molecule has 0 spiro atoms. The lowest BCUT2D eigenvalue weighted by molar-refractivity contribution is -0.134. The van der Waals surface area contributed by atoms with Crippen molar-refractivity contribution in [3.8, 4) is 11.5 Å². The number of hydrogen-bond donors (Lipinski definition) is 2. The summed E-state index contributed by atoms with van der Waals surface area (Å²) in [4.78, 5) is 23.4. The number of carbonyl (C=O) groups is 2. The Hall–Kier alpha value is -3.02. The highest BCUT2D eigenvalue weighted by molar-refractivity contribution is 6.06. The molecule has 130 valence electrons. The lowest BCUT2D eigenvalue weighted by Crippen LogP contribution is -2.51. The summed E-state index contributed by atoms with van der Waals surface area (Å²) < 4.78 is 11.2. The number of amides is 2. The summed E-state index contributed by atoms with van der Waals surface area (Å²) in [5.41, 5.74) is 1.13. The average Bonchev–Trinajstić information content (AvgIpc) is 2.55. The first-order chi connectivity index (χ1) is 12.0. The summed E-state index contributed by atoms with van der Waals surface area (Å²) in [5, 5.41) is 5.48. The fourth-order valence-corrected chi connectivity index (χ4v) is 2.39. The van der Waals surface area contributed by atoms with E-state index >= 15 is 0 Å². The van der Waals surface area contributed by atoms with Crippen molar-refractivity contribution in [3.05, 3.63) is 54.1 Å². The van der Waals surface area contributed by atoms with Crippen LogP contribution in [0.4, 0.5) is 5.69 Å². The number of anilines is 1. The molecular weight excluding hydrogens is 320 g/mol. The van der Waals surface area contributed by atoms with Crippen molar-refractivity contribution in [1.29, 1.82) is 0 Å². The smallest absolute Gasteiger partial charge is 0.259 e. The first-order valence-corrected chi connectivity index (χ1v) is 8.14. The van der Waals surface area contributed by atoms with Gasteiger partial charge in [0.15, 0.2) is 6.23 Å². The predicted molar refractivity (Wildman–Crippen MR) is 93.8 cm³/mol. The summed E-state index contributed by atoms with van der Waals surface area (Å²) in [6.07, 6.45) is 0.0795. The van der Waals surface area contributed by atoms with Gasteiger partial charge in [0.25, 0.3) is 5.91 Å².